The first-order valence-electron chi connectivity index (χ1n) is 9.25. The largest absolute Gasteiger partial charge is 0.455 e. The minimum absolute atomic E-state index is 0.0886. The van der Waals surface area contributed by atoms with E-state index in [1.165, 1.54) is 0 Å². The van der Waals surface area contributed by atoms with E-state index < -0.39 is 17.8 Å². The van der Waals surface area contributed by atoms with Crippen molar-refractivity contribution in [1.29, 1.82) is 0 Å². The van der Waals surface area contributed by atoms with Crippen molar-refractivity contribution in [1.82, 2.24) is 0 Å². The van der Waals surface area contributed by atoms with E-state index in [2.05, 4.69) is 5.32 Å². The molecule has 1 aliphatic heterocycles. The number of hydrogen-bond donors (Lipinski definition) is 1. The van der Waals surface area contributed by atoms with E-state index in [4.69, 9.17) is 4.74 Å². The summed E-state index contributed by atoms with van der Waals surface area (Å²) < 4.78 is 5.15. The average molecular weight is 380 g/mol. The molecule has 146 valence electrons. The van der Waals surface area contributed by atoms with E-state index in [-0.39, 0.29) is 25.5 Å². The molecule has 2 amide bonds. The van der Waals surface area contributed by atoms with E-state index in [9.17, 15) is 14.4 Å². The lowest BCUT2D eigenvalue weighted by atomic mass is 10.1. The number of benzene rings is 2. The Bertz CT molecular complexity index is 905. The second kappa shape index (κ2) is 8.25. The Hall–Kier alpha value is -3.15. The second-order valence-corrected chi connectivity index (χ2v) is 7.14. The van der Waals surface area contributed by atoms with Crippen LogP contribution in [0.15, 0.2) is 42.5 Å². The predicted octanol–water partition coefficient (Wildman–Crippen LogP) is 3.15. The molecule has 0 radical (unpaired) electrons. The third kappa shape index (κ3) is 4.39. The monoisotopic (exact) mass is 380 g/mol. The van der Waals surface area contributed by atoms with Crippen LogP contribution in [0.1, 0.15) is 23.1 Å². The van der Waals surface area contributed by atoms with Gasteiger partial charge in [-0.2, -0.15) is 0 Å². The lowest BCUT2D eigenvalue weighted by Crippen LogP contribution is -2.28. The van der Waals surface area contributed by atoms with Crippen molar-refractivity contribution >= 4 is 29.2 Å². The highest BCUT2D eigenvalue weighted by Crippen LogP contribution is 2.26. The zero-order valence-electron chi connectivity index (χ0n) is 16.3. The van der Waals surface area contributed by atoms with E-state index in [1.54, 1.807) is 11.0 Å². The average Bonchev–Trinajstić information content (AvgIpc) is 3.06. The maximum absolute atomic E-state index is 12.3. The van der Waals surface area contributed by atoms with Crippen molar-refractivity contribution in [2.75, 3.05) is 23.4 Å². The smallest absolute Gasteiger partial charge is 0.311 e. The summed E-state index contributed by atoms with van der Waals surface area (Å²) in [5.74, 6) is -1.62. The molecule has 28 heavy (non-hydrogen) atoms. The molecule has 0 aromatic heterocycles. The molecular weight excluding hydrogens is 356 g/mol. The van der Waals surface area contributed by atoms with Crippen LogP contribution in [0.25, 0.3) is 0 Å². The number of amides is 2. The number of anilines is 2. The van der Waals surface area contributed by atoms with Gasteiger partial charge >= 0.3 is 5.97 Å². The van der Waals surface area contributed by atoms with Crippen LogP contribution in [0.4, 0.5) is 11.4 Å². The van der Waals surface area contributed by atoms with Crippen molar-refractivity contribution in [3.8, 4) is 0 Å². The number of carbonyl (C=O) groups is 3. The molecule has 0 aliphatic carbocycles. The van der Waals surface area contributed by atoms with E-state index >= 15 is 0 Å². The summed E-state index contributed by atoms with van der Waals surface area (Å²) in [6.45, 7) is 5.74. The number of aryl methyl sites for hydroxylation is 2. The lowest BCUT2D eigenvalue weighted by Gasteiger charge is -2.16. The predicted molar refractivity (Wildman–Crippen MR) is 107 cm³/mol. The Morgan fingerprint density at radius 2 is 1.82 bits per heavy atom. The molecule has 0 spiro atoms. The van der Waals surface area contributed by atoms with Gasteiger partial charge in [-0.05, 0) is 50.1 Å². The van der Waals surface area contributed by atoms with Crippen LogP contribution in [-0.4, -0.2) is 30.9 Å². The van der Waals surface area contributed by atoms with Crippen LogP contribution in [0.5, 0.6) is 0 Å². The van der Waals surface area contributed by atoms with Gasteiger partial charge in [0.05, 0.1) is 5.92 Å². The Kier molecular flexibility index (Phi) is 5.78. The zero-order valence-corrected chi connectivity index (χ0v) is 16.3. The first-order valence-corrected chi connectivity index (χ1v) is 9.25. The van der Waals surface area contributed by atoms with Crippen LogP contribution in [0.2, 0.25) is 0 Å². The summed E-state index contributed by atoms with van der Waals surface area (Å²) in [5.41, 5.74) is 4.59. The topological polar surface area (TPSA) is 75.7 Å². The quantitative estimate of drug-likeness (QED) is 0.809. The Morgan fingerprint density at radius 1 is 1.11 bits per heavy atom. The van der Waals surface area contributed by atoms with Crippen molar-refractivity contribution in [2.24, 2.45) is 5.92 Å². The molecule has 6 nitrogen and oxygen atoms in total. The summed E-state index contributed by atoms with van der Waals surface area (Å²) >= 11 is 0. The highest BCUT2D eigenvalue weighted by Gasteiger charge is 2.36. The van der Waals surface area contributed by atoms with Crippen molar-refractivity contribution < 1.29 is 19.1 Å². The third-order valence-electron chi connectivity index (χ3n) is 5.03. The number of hydrogen-bond acceptors (Lipinski definition) is 4. The summed E-state index contributed by atoms with van der Waals surface area (Å²) in [6, 6.07) is 13.2. The SMILES string of the molecule is Cc1ccc(N2C[C@H](C(=O)OCC(=O)Nc3cccc(C)c3C)CC2=O)cc1. The van der Waals surface area contributed by atoms with Crippen LogP contribution in [0, 0.1) is 26.7 Å². The van der Waals surface area contributed by atoms with Gasteiger partial charge in [0.1, 0.15) is 0 Å². The van der Waals surface area contributed by atoms with Crippen molar-refractivity contribution in [2.45, 2.75) is 27.2 Å². The summed E-state index contributed by atoms with van der Waals surface area (Å²) in [6.07, 6.45) is 0.0886. The molecule has 3 rings (SSSR count). The Morgan fingerprint density at radius 3 is 2.54 bits per heavy atom. The molecule has 0 unspecified atom stereocenters. The van der Waals surface area contributed by atoms with Gasteiger partial charge in [-0.25, -0.2) is 0 Å². The molecule has 2 aromatic carbocycles. The van der Waals surface area contributed by atoms with E-state index in [0.717, 1.165) is 22.4 Å². The maximum Gasteiger partial charge on any atom is 0.311 e. The zero-order chi connectivity index (χ0) is 20.3. The second-order valence-electron chi connectivity index (χ2n) is 7.14. The highest BCUT2D eigenvalue weighted by molar-refractivity contribution is 6.00. The van der Waals surface area contributed by atoms with Crippen molar-refractivity contribution in [3.63, 3.8) is 0 Å². The summed E-state index contributed by atoms with van der Waals surface area (Å²) in [4.78, 5) is 38.3. The van der Waals surface area contributed by atoms with Gasteiger partial charge in [-0.1, -0.05) is 29.8 Å². The van der Waals surface area contributed by atoms with Gasteiger partial charge < -0.3 is 15.0 Å². The van der Waals surface area contributed by atoms with Gasteiger partial charge in [0.15, 0.2) is 6.61 Å². The molecule has 1 aliphatic rings. The summed E-state index contributed by atoms with van der Waals surface area (Å²) in [7, 11) is 0. The number of nitrogens with zero attached hydrogens (tertiary/aromatic N) is 1. The van der Waals surface area contributed by atoms with Gasteiger partial charge in [-0.3, -0.25) is 14.4 Å². The maximum atomic E-state index is 12.3. The minimum Gasteiger partial charge on any atom is -0.455 e. The molecular formula is C22H24N2O4. The van der Waals surface area contributed by atoms with Crippen LogP contribution < -0.4 is 10.2 Å². The standard InChI is InChI=1S/C22H24N2O4/c1-14-7-9-18(10-8-14)24-12-17(11-21(24)26)22(27)28-13-20(25)23-19-6-4-5-15(2)16(19)3/h4-10,17H,11-13H2,1-3H3,(H,23,25)/t17-/m1/s1. The molecule has 1 heterocycles. The van der Waals surface area contributed by atoms with Gasteiger partial charge in [0.2, 0.25) is 5.91 Å². The molecule has 1 atom stereocenters. The van der Waals surface area contributed by atoms with Gasteiger partial charge in [-0.15, -0.1) is 0 Å². The van der Waals surface area contributed by atoms with Gasteiger partial charge in [0.25, 0.3) is 5.91 Å². The highest BCUT2D eigenvalue weighted by atomic mass is 16.5. The van der Waals surface area contributed by atoms with E-state index in [1.807, 2.05) is 57.2 Å². The fourth-order valence-electron chi connectivity index (χ4n) is 3.17. The number of nitrogens with one attached hydrogen (secondary N) is 1. The van der Waals surface area contributed by atoms with Crippen molar-refractivity contribution in [3.05, 3.63) is 59.2 Å². The van der Waals surface area contributed by atoms with Crippen LogP contribution in [-0.2, 0) is 19.1 Å². The number of carbonyl (C=O) groups excluding carboxylic acids is 3. The van der Waals surface area contributed by atoms with Gasteiger partial charge in [0, 0.05) is 24.3 Å². The number of ether oxygens (including phenoxy) is 1. The molecule has 0 bridgehead atoms. The first kappa shape index (κ1) is 19.6. The van der Waals surface area contributed by atoms with E-state index in [0.29, 0.717) is 5.69 Å². The van der Waals surface area contributed by atoms with Crippen LogP contribution in [0.3, 0.4) is 0 Å². The fraction of sp³-hybridized carbons (Fsp3) is 0.318. The molecule has 1 N–H and O–H groups in total. The molecule has 2 aromatic rings. The molecule has 6 heteroatoms. The third-order valence-corrected chi connectivity index (χ3v) is 5.03. The summed E-state index contributed by atoms with van der Waals surface area (Å²) in [5, 5.41) is 2.75. The number of rotatable bonds is 5. The normalized spacial score (nSPS) is 16.2. The van der Waals surface area contributed by atoms with Crippen LogP contribution >= 0.6 is 0 Å². The first-order chi connectivity index (χ1) is 13.3. The fourth-order valence-corrected chi connectivity index (χ4v) is 3.17. The number of esters is 1. The molecule has 1 saturated heterocycles. The Labute approximate surface area is 164 Å². The molecule has 1 fully saturated rings. The molecule has 0 saturated carbocycles. The lowest BCUT2D eigenvalue weighted by molar-refractivity contribution is -0.151. The Balaban J connectivity index is 1.53. The minimum atomic E-state index is -0.567.